The van der Waals surface area contributed by atoms with Gasteiger partial charge in [-0.1, -0.05) is 23.9 Å². The molecule has 2 aromatic rings. The number of carbonyl (C=O) groups is 8. The van der Waals surface area contributed by atoms with Crippen molar-refractivity contribution >= 4 is 140 Å². The maximum atomic E-state index is 13.6. The Morgan fingerprint density at radius 1 is 1.03 bits per heavy atom. The van der Waals surface area contributed by atoms with Crippen molar-refractivity contribution < 1.29 is 62.1 Å². The standard InChI is InChI=1S/C25H27N9O8S2.C8H11NO5S.2Na.2H/c1-3-32-8-9-33(21(39)20(32)38)24(42)27-15(12-4-6-14(35)7-5-12)18(36)26-16-19(37)34-17(23(40)41)13(10-43-22(16)34)11-44-25-28-29-30-31(25)2;1-8(2)6(7(11)12)9-4(10)3-5(9)15(8,13)14;;;;/h4-7,15-16,22,35H,3,8-11H2,1-2H3,(H,26,36)(H,27,42)(H,40,41);5-6H,3H2,1-2H3,(H,11,12);;;;/t15-,16-,22-;5-,6+;;;;/m11..../s1. The van der Waals surface area contributed by atoms with Crippen molar-refractivity contribution in [1.29, 1.82) is 0 Å². The molecule has 0 unspecified atom stereocenters. The number of thioether (sulfide) groups is 2. The molecule has 5 N–H and O–H groups in total. The van der Waals surface area contributed by atoms with Gasteiger partial charge in [-0.3, -0.25) is 33.8 Å². The number of hydrogen-bond donors (Lipinski definition) is 5. The van der Waals surface area contributed by atoms with Gasteiger partial charge in [-0.2, -0.15) is 0 Å². The van der Waals surface area contributed by atoms with Crippen molar-refractivity contribution in [1.82, 2.24) is 50.4 Å². The van der Waals surface area contributed by atoms with Gasteiger partial charge in [0, 0.05) is 38.2 Å². The van der Waals surface area contributed by atoms with E-state index in [1.165, 1.54) is 71.2 Å². The van der Waals surface area contributed by atoms with Gasteiger partial charge in [0.15, 0.2) is 9.84 Å². The molecule has 0 spiro atoms. The SMILES string of the molecule is CC1(C)[C@H](C(=O)O)N2C(=O)C[C@H]2S1(=O)=O.CCN1CCN(C(=O)N[C@@H](C(=O)N[C@@H]2C(=O)N3C(C(=O)O)=C(CSc4nnnn4C)CS[C@H]23)c2ccc(O)cc2)C(=O)C1=O.[NaH].[NaH]. The predicted molar refractivity (Wildman–Crippen MR) is 217 cm³/mol. The summed E-state index contributed by atoms with van der Waals surface area (Å²) in [7, 11) is -1.93. The minimum absolute atomic E-state index is 0. The third-order valence-corrected chi connectivity index (χ3v) is 15.6. The number of phenols is 1. The van der Waals surface area contributed by atoms with Gasteiger partial charge in [0.2, 0.25) is 17.0 Å². The molecule has 5 aliphatic rings. The number of benzene rings is 1. The molecule has 4 fully saturated rings. The van der Waals surface area contributed by atoms with Crippen molar-refractivity contribution in [2.75, 3.05) is 31.1 Å². The summed E-state index contributed by atoms with van der Waals surface area (Å²) in [6.07, 6.45) is -0.0878. The Bertz CT molecular complexity index is 2300. The molecule has 1 aromatic carbocycles. The van der Waals surface area contributed by atoms with Gasteiger partial charge in [0.25, 0.3) is 5.91 Å². The molecule has 0 aliphatic carbocycles. The normalized spacial score (nSPS) is 23.7. The summed E-state index contributed by atoms with van der Waals surface area (Å²) in [5, 5.41) is 43.7. The first-order valence-corrected chi connectivity index (χ1v) is 21.3. The number of rotatable bonds is 10. The van der Waals surface area contributed by atoms with E-state index in [1.54, 1.807) is 14.0 Å². The number of nitrogens with zero attached hydrogens (tertiary/aromatic N) is 8. The number of carboxylic acid groups (broad SMARTS) is 2. The van der Waals surface area contributed by atoms with Crippen LogP contribution >= 0.6 is 23.5 Å². The monoisotopic (exact) mass is 926 g/mol. The van der Waals surface area contributed by atoms with Gasteiger partial charge in [-0.05, 0) is 54.5 Å². The Kier molecular flexibility index (Phi) is 15.8. The number of nitrogens with one attached hydrogen (secondary N) is 2. The fourth-order valence-corrected chi connectivity index (χ4v) is 11.6. The fraction of sp³-hybridized carbons (Fsp3) is 0.485. The van der Waals surface area contributed by atoms with Crippen LogP contribution in [0.15, 0.2) is 40.7 Å². The fourth-order valence-electron chi connectivity index (χ4n) is 7.09. The number of aryl methyl sites for hydroxylation is 1. The number of aromatic nitrogens is 4. The number of tetrazole rings is 1. The molecule has 28 heteroatoms. The van der Waals surface area contributed by atoms with E-state index in [0.29, 0.717) is 22.2 Å². The summed E-state index contributed by atoms with van der Waals surface area (Å²) in [5.41, 5.74) is 0.536. The number of phenolic OH excluding ortho intramolecular Hbond substituents is 1. The van der Waals surface area contributed by atoms with E-state index in [1.807, 2.05) is 0 Å². The number of fused-ring (bicyclic) bond motifs is 2. The van der Waals surface area contributed by atoms with E-state index < -0.39 is 91.0 Å². The molecular weight excluding hydrogens is 887 g/mol. The molecular formula is C33H40N10Na2O13S3. The van der Waals surface area contributed by atoms with Crippen LogP contribution in [0.4, 0.5) is 4.79 Å². The summed E-state index contributed by atoms with van der Waals surface area (Å²) in [6.45, 7) is 4.75. The van der Waals surface area contributed by atoms with Crippen molar-refractivity contribution in [3.8, 4) is 5.75 Å². The van der Waals surface area contributed by atoms with Gasteiger partial charge in [-0.25, -0.2) is 27.5 Å². The van der Waals surface area contributed by atoms with E-state index in [-0.39, 0.29) is 107 Å². The number of carboxylic acids is 2. The molecule has 5 atom stereocenters. The van der Waals surface area contributed by atoms with Gasteiger partial charge in [0.1, 0.15) is 40.3 Å². The second kappa shape index (κ2) is 19.3. The van der Waals surface area contributed by atoms with Crippen LogP contribution in [0.5, 0.6) is 5.75 Å². The van der Waals surface area contributed by atoms with Crippen molar-refractivity contribution in [2.45, 2.75) is 66.0 Å². The number of aliphatic carboxylic acids is 2. The van der Waals surface area contributed by atoms with E-state index in [4.69, 9.17) is 5.11 Å². The number of piperazine rings is 1. The van der Waals surface area contributed by atoms with Crippen LogP contribution in [-0.4, -0.2) is 229 Å². The Morgan fingerprint density at radius 2 is 1.69 bits per heavy atom. The topological polar surface area (TPSA) is 312 Å². The van der Waals surface area contributed by atoms with E-state index in [2.05, 4.69) is 26.2 Å². The first kappa shape index (κ1) is 49.9. The zero-order chi connectivity index (χ0) is 43.3. The average Bonchev–Trinajstić information content (AvgIpc) is 3.65. The number of hydrogen-bond acceptors (Lipinski definition) is 16. The van der Waals surface area contributed by atoms with Crippen LogP contribution in [-0.2, 0) is 50.4 Å². The maximum absolute atomic E-state index is 13.6. The quantitative estimate of drug-likeness (QED) is 0.0678. The third-order valence-electron chi connectivity index (χ3n) is 10.4. The number of likely N-dealkylation sites (N-methyl/N-ethyl adjacent to an activating group) is 1. The molecule has 0 radical (unpaired) electrons. The molecule has 4 saturated heterocycles. The van der Waals surface area contributed by atoms with E-state index in [9.17, 15) is 57.0 Å². The Labute approximate surface area is 400 Å². The number of aromatic hydroxyl groups is 1. The van der Waals surface area contributed by atoms with Crippen molar-refractivity contribution in [3.63, 3.8) is 0 Å². The van der Waals surface area contributed by atoms with E-state index >= 15 is 0 Å². The summed E-state index contributed by atoms with van der Waals surface area (Å²) >= 11 is 2.49. The van der Waals surface area contributed by atoms with E-state index in [0.717, 1.165) is 9.80 Å². The second-order valence-electron chi connectivity index (χ2n) is 14.2. The van der Waals surface area contributed by atoms with Gasteiger partial charge in [0.05, 0.1) is 11.2 Å². The number of imide groups is 1. The molecule has 5 aliphatic heterocycles. The van der Waals surface area contributed by atoms with Crippen molar-refractivity contribution in [3.05, 3.63) is 41.1 Å². The molecule has 7 rings (SSSR count). The van der Waals surface area contributed by atoms with Crippen LogP contribution in [0, 0.1) is 0 Å². The van der Waals surface area contributed by atoms with Crippen LogP contribution < -0.4 is 10.6 Å². The summed E-state index contributed by atoms with van der Waals surface area (Å²) in [5.74, 6) is -5.93. The Morgan fingerprint density at radius 3 is 2.23 bits per heavy atom. The molecule has 320 valence electrons. The Hall–Kier alpha value is -3.76. The number of sulfone groups is 1. The zero-order valence-corrected chi connectivity index (χ0v) is 34.1. The van der Waals surface area contributed by atoms with Crippen LogP contribution in [0.25, 0.3) is 0 Å². The van der Waals surface area contributed by atoms with Crippen LogP contribution in [0.1, 0.15) is 38.8 Å². The van der Waals surface area contributed by atoms with Gasteiger partial charge in [-0.15, -0.1) is 16.9 Å². The molecule has 7 amide bonds. The van der Waals surface area contributed by atoms with Gasteiger partial charge < -0.3 is 35.8 Å². The summed E-state index contributed by atoms with van der Waals surface area (Å²) in [4.78, 5) is 103. The minimum atomic E-state index is -3.57. The molecule has 0 saturated carbocycles. The van der Waals surface area contributed by atoms with Crippen LogP contribution in [0.3, 0.4) is 0 Å². The molecule has 0 bridgehead atoms. The first-order valence-electron chi connectivity index (χ1n) is 17.8. The third kappa shape index (κ3) is 9.18. The van der Waals surface area contributed by atoms with Crippen LogP contribution in [0.2, 0.25) is 0 Å². The predicted octanol–water partition coefficient (Wildman–Crippen LogP) is -3.20. The molecule has 1 aromatic heterocycles. The average molecular weight is 927 g/mol. The second-order valence-corrected chi connectivity index (χ2v) is 18.9. The molecule has 23 nitrogen and oxygen atoms in total. The van der Waals surface area contributed by atoms with Crippen molar-refractivity contribution in [2.24, 2.45) is 7.05 Å². The summed E-state index contributed by atoms with van der Waals surface area (Å²) in [6, 6.07) is 0.584. The number of urea groups is 1. The first-order chi connectivity index (χ1) is 27.7. The number of amides is 7. The molecule has 61 heavy (non-hydrogen) atoms. The zero-order valence-electron chi connectivity index (χ0n) is 31.7. The molecule has 6 heterocycles. The van der Waals surface area contributed by atoms with Gasteiger partial charge >= 0.3 is 88.9 Å². The Balaban J connectivity index is 0.000000406. The summed E-state index contributed by atoms with van der Waals surface area (Å²) < 4.78 is 23.8. The number of β-lactam (4-membered cyclic amide) rings is 2. The number of carbonyl (C=O) groups excluding carboxylic acids is 6.